The minimum Gasteiger partial charge on any atom is -0.482 e. The van der Waals surface area contributed by atoms with Crippen LogP contribution in [0.4, 0.5) is 8.78 Å². The van der Waals surface area contributed by atoms with Crippen LogP contribution >= 0.6 is 22.6 Å². The number of halogens is 3. The highest BCUT2D eigenvalue weighted by atomic mass is 127. The lowest BCUT2D eigenvalue weighted by Crippen LogP contribution is -2.34. The molecule has 0 aliphatic heterocycles. The first-order chi connectivity index (χ1) is 18.5. The van der Waals surface area contributed by atoms with Gasteiger partial charge in [0.2, 0.25) is 11.7 Å². The number of hydrogen-bond acceptors (Lipinski definition) is 5. The monoisotopic (exact) mass is 629 g/mol. The fraction of sp³-hybridized carbons (Fsp3) is 0.207. The van der Waals surface area contributed by atoms with Crippen molar-refractivity contribution in [2.75, 3.05) is 6.54 Å². The quantitative estimate of drug-likeness (QED) is 0.196. The number of rotatable bonds is 12. The molecule has 6 nitrogen and oxygen atoms in total. The number of nitrogens with one attached hydrogen (secondary N) is 1. The number of alkyl halides is 2. The molecular formula is C29H26F2IN3O3. The van der Waals surface area contributed by atoms with Gasteiger partial charge in [0.05, 0.1) is 12.5 Å². The average molecular weight is 629 g/mol. The molecule has 1 unspecified atom stereocenters. The van der Waals surface area contributed by atoms with Crippen LogP contribution in [0.15, 0.2) is 91.3 Å². The van der Waals surface area contributed by atoms with Crippen molar-refractivity contribution in [3.63, 3.8) is 0 Å². The zero-order chi connectivity index (χ0) is 26.7. The van der Waals surface area contributed by atoms with Crippen molar-refractivity contribution in [3.8, 4) is 11.6 Å². The van der Waals surface area contributed by atoms with Crippen LogP contribution in [0.3, 0.4) is 0 Å². The molecule has 1 amide bonds. The lowest BCUT2D eigenvalue weighted by Gasteiger charge is -2.21. The molecule has 0 bridgehead atoms. The molecule has 38 heavy (non-hydrogen) atoms. The summed E-state index contributed by atoms with van der Waals surface area (Å²) in [5, 5.41) is 2.34. The van der Waals surface area contributed by atoms with Crippen molar-refractivity contribution in [2.45, 2.75) is 32.0 Å². The number of aromatic nitrogens is 2. The van der Waals surface area contributed by atoms with Crippen LogP contribution in [0.5, 0.6) is 11.6 Å². The van der Waals surface area contributed by atoms with Crippen LogP contribution in [0.1, 0.15) is 28.3 Å². The SMILES string of the molecule is O=C(NCC(F)F)C(Cc1ccc(I)cc1)c1ncnc(OCc2ccccc2)c1OCc1ccccc1. The minimum atomic E-state index is -2.68. The standard InChI is InChI=1S/C29H26F2IN3O3/c30-25(31)16-33-28(36)24(15-20-11-13-23(32)14-12-20)26-27(37-17-21-7-3-1-4-8-21)29(35-19-34-26)38-18-22-9-5-2-6-10-22/h1-14,19,24-25H,15-18H2,(H,33,36). The van der Waals surface area contributed by atoms with Crippen LogP contribution in [0.2, 0.25) is 0 Å². The number of hydrogen-bond donors (Lipinski definition) is 1. The van der Waals surface area contributed by atoms with E-state index >= 15 is 0 Å². The molecule has 9 heteroatoms. The third kappa shape index (κ3) is 7.95. The van der Waals surface area contributed by atoms with Crippen molar-refractivity contribution >= 4 is 28.5 Å². The van der Waals surface area contributed by atoms with Gasteiger partial charge in [-0.15, -0.1) is 0 Å². The van der Waals surface area contributed by atoms with E-state index in [-0.39, 0.29) is 37.0 Å². The topological polar surface area (TPSA) is 73.3 Å². The highest BCUT2D eigenvalue weighted by Crippen LogP contribution is 2.35. The summed E-state index contributed by atoms with van der Waals surface area (Å²) in [5.41, 5.74) is 2.94. The summed E-state index contributed by atoms with van der Waals surface area (Å²) in [6.07, 6.45) is -1.16. The minimum absolute atomic E-state index is 0.170. The Labute approximate surface area is 233 Å². The molecule has 1 atom stereocenters. The molecule has 0 aliphatic rings. The van der Waals surface area contributed by atoms with Gasteiger partial charge >= 0.3 is 0 Å². The normalized spacial score (nSPS) is 11.7. The summed E-state index contributed by atoms with van der Waals surface area (Å²) in [6.45, 7) is -0.360. The Morgan fingerprint density at radius 1 is 0.816 bits per heavy atom. The van der Waals surface area contributed by atoms with Gasteiger partial charge in [0, 0.05) is 3.57 Å². The first-order valence-electron chi connectivity index (χ1n) is 12.0. The van der Waals surface area contributed by atoms with Crippen molar-refractivity contribution in [3.05, 3.63) is 117 Å². The van der Waals surface area contributed by atoms with Crippen molar-refractivity contribution in [2.24, 2.45) is 0 Å². The zero-order valence-corrected chi connectivity index (χ0v) is 22.6. The van der Waals surface area contributed by atoms with E-state index in [1.165, 1.54) is 6.33 Å². The van der Waals surface area contributed by atoms with Crippen LogP contribution in [-0.2, 0) is 24.4 Å². The van der Waals surface area contributed by atoms with E-state index in [2.05, 4.69) is 37.9 Å². The lowest BCUT2D eigenvalue weighted by molar-refractivity contribution is -0.123. The molecule has 0 saturated heterocycles. The second kappa shape index (κ2) is 13.8. The molecular weight excluding hydrogens is 603 g/mol. The molecule has 3 aromatic carbocycles. The molecule has 4 rings (SSSR count). The van der Waals surface area contributed by atoms with Gasteiger partial charge in [0.25, 0.3) is 12.3 Å². The van der Waals surface area contributed by atoms with Crippen LogP contribution in [0, 0.1) is 3.57 Å². The fourth-order valence-electron chi connectivity index (χ4n) is 3.78. The van der Waals surface area contributed by atoms with E-state index in [1.807, 2.05) is 84.9 Å². The van der Waals surface area contributed by atoms with Gasteiger partial charge in [0.1, 0.15) is 25.2 Å². The second-order valence-corrected chi connectivity index (χ2v) is 9.71. The van der Waals surface area contributed by atoms with Gasteiger partial charge in [-0.1, -0.05) is 72.8 Å². The third-order valence-electron chi connectivity index (χ3n) is 5.67. The van der Waals surface area contributed by atoms with Crippen molar-refractivity contribution in [1.29, 1.82) is 0 Å². The summed E-state index contributed by atoms with van der Waals surface area (Å²) in [4.78, 5) is 21.9. The Bertz CT molecular complexity index is 1310. The molecule has 0 radical (unpaired) electrons. The number of amides is 1. The van der Waals surface area contributed by atoms with Gasteiger partial charge < -0.3 is 14.8 Å². The number of benzene rings is 3. The Kier molecular flexibility index (Phi) is 9.97. The summed E-state index contributed by atoms with van der Waals surface area (Å²) in [7, 11) is 0. The van der Waals surface area contributed by atoms with Crippen LogP contribution < -0.4 is 14.8 Å². The van der Waals surface area contributed by atoms with Crippen LogP contribution in [-0.4, -0.2) is 28.8 Å². The molecule has 0 aliphatic carbocycles. The summed E-state index contributed by atoms with van der Waals surface area (Å²) >= 11 is 2.20. The Balaban J connectivity index is 1.70. The van der Waals surface area contributed by atoms with E-state index in [4.69, 9.17) is 9.47 Å². The molecule has 1 N–H and O–H groups in total. The maximum Gasteiger partial charge on any atom is 0.260 e. The highest BCUT2D eigenvalue weighted by Gasteiger charge is 2.29. The lowest BCUT2D eigenvalue weighted by atomic mass is 9.94. The molecule has 0 spiro atoms. The number of carbonyl (C=O) groups excluding carboxylic acids is 1. The largest absolute Gasteiger partial charge is 0.482 e. The molecule has 196 valence electrons. The number of ether oxygens (including phenoxy) is 2. The van der Waals surface area contributed by atoms with Gasteiger partial charge in [-0.05, 0) is 57.8 Å². The van der Waals surface area contributed by atoms with E-state index < -0.39 is 24.8 Å². The number of nitrogens with zero attached hydrogens (tertiary/aromatic N) is 2. The first-order valence-corrected chi connectivity index (χ1v) is 13.1. The summed E-state index contributed by atoms with van der Waals surface area (Å²) in [6, 6.07) is 26.7. The molecule has 1 aromatic heterocycles. The summed E-state index contributed by atoms with van der Waals surface area (Å²) < 4.78 is 39.2. The fourth-order valence-corrected chi connectivity index (χ4v) is 4.14. The third-order valence-corrected chi connectivity index (χ3v) is 6.39. The van der Waals surface area contributed by atoms with Crippen molar-refractivity contribution in [1.82, 2.24) is 15.3 Å². The maximum absolute atomic E-state index is 13.2. The molecule has 0 saturated carbocycles. The highest BCUT2D eigenvalue weighted by molar-refractivity contribution is 14.1. The van der Waals surface area contributed by atoms with E-state index in [1.54, 1.807) is 0 Å². The van der Waals surface area contributed by atoms with Gasteiger partial charge in [0.15, 0.2) is 0 Å². The van der Waals surface area contributed by atoms with E-state index in [9.17, 15) is 13.6 Å². The summed E-state index contributed by atoms with van der Waals surface area (Å²) in [5.74, 6) is -1.12. The van der Waals surface area contributed by atoms with Crippen molar-refractivity contribution < 1.29 is 23.0 Å². The van der Waals surface area contributed by atoms with Gasteiger partial charge in [-0.3, -0.25) is 4.79 Å². The van der Waals surface area contributed by atoms with E-state index in [0.29, 0.717) is 0 Å². The predicted octanol–water partition coefficient (Wildman–Crippen LogP) is 5.95. The maximum atomic E-state index is 13.2. The molecule has 0 fully saturated rings. The molecule has 4 aromatic rings. The zero-order valence-electron chi connectivity index (χ0n) is 20.4. The average Bonchev–Trinajstić information content (AvgIpc) is 2.94. The Morgan fingerprint density at radius 3 is 2.03 bits per heavy atom. The van der Waals surface area contributed by atoms with Gasteiger partial charge in [-0.25, -0.2) is 13.8 Å². The van der Waals surface area contributed by atoms with Crippen LogP contribution in [0.25, 0.3) is 0 Å². The smallest absolute Gasteiger partial charge is 0.260 e. The van der Waals surface area contributed by atoms with Gasteiger partial charge in [-0.2, -0.15) is 4.98 Å². The Hall–Kier alpha value is -3.60. The predicted molar refractivity (Wildman–Crippen MR) is 148 cm³/mol. The number of carbonyl (C=O) groups is 1. The van der Waals surface area contributed by atoms with E-state index in [0.717, 1.165) is 20.3 Å². The Morgan fingerprint density at radius 2 is 1.42 bits per heavy atom. The molecule has 1 heterocycles. The second-order valence-electron chi connectivity index (χ2n) is 8.46. The first kappa shape index (κ1) is 27.4.